The van der Waals surface area contributed by atoms with Gasteiger partial charge in [0.15, 0.2) is 0 Å². The van der Waals surface area contributed by atoms with Gasteiger partial charge in [0.2, 0.25) is 17.7 Å². The predicted octanol–water partition coefficient (Wildman–Crippen LogP) is 5.38. The van der Waals surface area contributed by atoms with Crippen molar-refractivity contribution in [2.24, 2.45) is 11.8 Å². The lowest BCUT2D eigenvalue weighted by Gasteiger charge is -2.37. The number of alkyl halides is 1. The number of fused-ring (bicyclic) bond motifs is 1. The number of halogens is 2. The molecule has 8 nitrogen and oxygen atoms in total. The van der Waals surface area contributed by atoms with Gasteiger partial charge in [0, 0.05) is 26.5 Å². The highest BCUT2D eigenvalue weighted by Crippen LogP contribution is 2.68. The molecule has 3 unspecified atom stereocenters. The fraction of sp³-hybridized carbons (Fsp3) is 0.364. The first-order valence-corrected chi connectivity index (χ1v) is 16.8. The molecule has 3 aliphatic rings. The maximum absolute atomic E-state index is 14.6. The summed E-state index contributed by atoms with van der Waals surface area (Å²) in [4.78, 5) is 44.3. The van der Waals surface area contributed by atoms with Crippen molar-refractivity contribution in [2.45, 2.75) is 46.7 Å². The smallest absolute Gasteiger partial charge is 0.248 e. The second-order valence-electron chi connectivity index (χ2n) is 11.4. The van der Waals surface area contributed by atoms with Gasteiger partial charge in [-0.2, -0.15) is 0 Å². The summed E-state index contributed by atoms with van der Waals surface area (Å²) in [6.45, 7) is 2.11. The van der Waals surface area contributed by atoms with Gasteiger partial charge in [-0.25, -0.2) is 0 Å². The van der Waals surface area contributed by atoms with E-state index in [1.165, 1.54) is 0 Å². The van der Waals surface area contributed by atoms with Gasteiger partial charge in [-0.05, 0) is 73.9 Å². The minimum Gasteiger partial charge on any atom is -0.494 e. The zero-order valence-corrected chi connectivity index (χ0v) is 27.1. The van der Waals surface area contributed by atoms with Crippen LogP contribution in [0.5, 0.6) is 5.75 Å². The summed E-state index contributed by atoms with van der Waals surface area (Å²) >= 11 is 11.4. The lowest BCUT2D eigenvalue weighted by molar-refractivity contribution is -0.141. The van der Waals surface area contributed by atoms with Crippen molar-refractivity contribution in [2.75, 3.05) is 23.8 Å². The summed E-state index contributed by atoms with van der Waals surface area (Å²) in [5.74, 6) is -1.61. The van der Waals surface area contributed by atoms with Crippen LogP contribution in [-0.2, 0) is 20.8 Å². The van der Waals surface area contributed by atoms with E-state index in [0.717, 1.165) is 5.56 Å². The van der Waals surface area contributed by atoms with Crippen LogP contribution in [0.4, 0.5) is 11.4 Å². The molecular formula is C33H33BrClN3O5S. The fourth-order valence-corrected chi connectivity index (χ4v) is 10.7. The average molecular weight is 699 g/mol. The Balaban J connectivity index is 1.35. The van der Waals surface area contributed by atoms with Crippen molar-refractivity contribution in [1.82, 2.24) is 4.90 Å². The molecule has 3 aromatic carbocycles. The van der Waals surface area contributed by atoms with Gasteiger partial charge < -0.3 is 25.4 Å². The Morgan fingerprint density at radius 1 is 1.05 bits per heavy atom. The van der Waals surface area contributed by atoms with E-state index in [2.05, 4.69) is 26.6 Å². The Morgan fingerprint density at radius 2 is 1.68 bits per heavy atom. The van der Waals surface area contributed by atoms with Crippen molar-refractivity contribution in [3.05, 3.63) is 89.4 Å². The van der Waals surface area contributed by atoms with Crippen molar-refractivity contribution >= 4 is 68.4 Å². The summed E-state index contributed by atoms with van der Waals surface area (Å²) < 4.78 is 4.66. The van der Waals surface area contributed by atoms with Crippen molar-refractivity contribution in [3.63, 3.8) is 0 Å². The molecule has 3 saturated heterocycles. The minimum atomic E-state index is -0.908. The number of nitrogens with zero attached hydrogens (tertiary/aromatic N) is 1. The number of likely N-dealkylation sites (tertiary alicyclic amines) is 1. The molecule has 44 heavy (non-hydrogen) atoms. The Hall–Kier alpha value is -3.05. The third kappa shape index (κ3) is 5.62. The highest BCUT2D eigenvalue weighted by atomic mass is 79.9. The monoisotopic (exact) mass is 697 g/mol. The molecule has 11 heteroatoms. The highest BCUT2D eigenvalue weighted by Gasteiger charge is 2.76. The van der Waals surface area contributed by atoms with Crippen LogP contribution in [0.3, 0.4) is 0 Å². The Morgan fingerprint density at radius 3 is 2.32 bits per heavy atom. The number of aliphatic hydroxyl groups is 1. The van der Waals surface area contributed by atoms with Crippen LogP contribution in [-0.4, -0.2) is 67.8 Å². The number of rotatable bonds is 10. The Bertz CT molecular complexity index is 1530. The molecule has 0 aliphatic carbocycles. The lowest BCUT2D eigenvalue weighted by Crippen LogP contribution is -2.55. The third-order valence-corrected chi connectivity index (χ3v) is 12.2. The highest BCUT2D eigenvalue weighted by molar-refractivity contribution is 9.09. The van der Waals surface area contributed by atoms with Crippen LogP contribution in [0.2, 0.25) is 5.02 Å². The number of ether oxygens (including phenoxy) is 1. The molecule has 3 aliphatic heterocycles. The zero-order valence-electron chi connectivity index (χ0n) is 24.0. The number of carbonyl (C=O) groups excluding carboxylic acids is 3. The van der Waals surface area contributed by atoms with Crippen LogP contribution in [0.1, 0.15) is 18.9 Å². The Labute approximate surface area is 274 Å². The van der Waals surface area contributed by atoms with Gasteiger partial charge in [-0.3, -0.25) is 14.4 Å². The second-order valence-corrected chi connectivity index (χ2v) is 14.5. The first kappa shape index (κ1) is 31.0. The second kappa shape index (κ2) is 12.7. The number of anilines is 2. The number of amides is 3. The first-order chi connectivity index (χ1) is 21.3. The molecule has 0 radical (unpaired) electrons. The van der Waals surface area contributed by atoms with E-state index < -0.39 is 28.7 Å². The van der Waals surface area contributed by atoms with E-state index >= 15 is 0 Å². The molecule has 230 valence electrons. The lowest BCUT2D eigenvalue weighted by atomic mass is 9.70. The molecule has 6 rings (SSSR count). The first-order valence-electron chi connectivity index (χ1n) is 14.6. The molecule has 3 amide bonds. The number of nitrogens with one attached hydrogen (secondary N) is 2. The summed E-state index contributed by atoms with van der Waals surface area (Å²) in [5.41, 5.74) is 2.09. The molecule has 3 fully saturated rings. The molecule has 1 spiro atoms. The predicted molar refractivity (Wildman–Crippen MR) is 176 cm³/mol. The molecule has 7 atom stereocenters. The Kier molecular flexibility index (Phi) is 8.97. The topological polar surface area (TPSA) is 108 Å². The van der Waals surface area contributed by atoms with Gasteiger partial charge in [-0.15, -0.1) is 11.8 Å². The summed E-state index contributed by atoms with van der Waals surface area (Å²) in [7, 11) is 0. The van der Waals surface area contributed by atoms with Gasteiger partial charge >= 0.3 is 0 Å². The van der Waals surface area contributed by atoms with Crippen LogP contribution in [0.25, 0.3) is 0 Å². The number of hydrogen-bond donors (Lipinski definition) is 3. The van der Waals surface area contributed by atoms with E-state index in [-0.39, 0.29) is 34.4 Å². The van der Waals surface area contributed by atoms with Crippen molar-refractivity contribution < 1.29 is 24.2 Å². The van der Waals surface area contributed by atoms with E-state index in [1.807, 2.05) is 37.3 Å². The van der Waals surface area contributed by atoms with Crippen molar-refractivity contribution in [3.8, 4) is 5.75 Å². The summed E-state index contributed by atoms with van der Waals surface area (Å²) in [6.07, 6.45) is 0.899. The van der Waals surface area contributed by atoms with Crippen LogP contribution >= 0.6 is 39.3 Å². The number of thioether (sulfide) groups is 1. The molecule has 3 heterocycles. The normalized spacial score (nSPS) is 27.6. The largest absolute Gasteiger partial charge is 0.494 e. The standard InChI is InChI=1S/C33H33BrClN3O5S/c1-2-43-24-14-12-22(13-15-24)36-30(40)26-27-32(42)38(23(18-39)16-19-6-4-3-5-7-19)29(33(27)17-25(34)28(26)44-33)31(41)37-21-10-8-20(35)9-11-21/h3-15,23,25-29,39H,2,16-18H2,1H3,(H,36,40)(H,37,41)/t23-,25?,26+,27+,28+,29?,33?/m1/s1. The number of benzene rings is 3. The zero-order chi connectivity index (χ0) is 31.0. The molecule has 3 aromatic rings. The quantitative estimate of drug-likeness (QED) is 0.246. The van der Waals surface area contributed by atoms with Gasteiger partial charge in [0.05, 0.1) is 35.8 Å². The van der Waals surface area contributed by atoms with Gasteiger partial charge in [0.1, 0.15) is 11.8 Å². The average Bonchev–Trinajstić information content (AvgIpc) is 3.62. The summed E-state index contributed by atoms with van der Waals surface area (Å²) in [6, 6.07) is 22.0. The maximum atomic E-state index is 14.6. The summed E-state index contributed by atoms with van der Waals surface area (Å²) in [5, 5.41) is 17.0. The molecular weight excluding hydrogens is 666 g/mol. The molecule has 2 bridgehead atoms. The van der Waals surface area contributed by atoms with Gasteiger partial charge in [0.25, 0.3) is 0 Å². The molecule has 3 N–H and O–H groups in total. The van der Waals surface area contributed by atoms with Crippen LogP contribution in [0, 0.1) is 11.8 Å². The van der Waals surface area contributed by atoms with E-state index in [1.54, 1.807) is 65.2 Å². The van der Waals surface area contributed by atoms with E-state index in [9.17, 15) is 19.5 Å². The van der Waals surface area contributed by atoms with E-state index in [0.29, 0.717) is 41.6 Å². The fourth-order valence-electron chi connectivity index (χ4n) is 6.97. The minimum absolute atomic E-state index is 0.0832. The van der Waals surface area contributed by atoms with Crippen LogP contribution in [0.15, 0.2) is 78.9 Å². The number of hydrogen-bond acceptors (Lipinski definition) is 6. The van der Waals surface area contributed by atoms with E-state index in [4.69, 9.17) is 16.3 Å². The number of carbonyl (C=O) groups is 3. The van der Waals surface area contributed by atoms with Crippen molar-refractivity contribution in [1.29, 1.82) is 0 Å². The third-order valence-electron chi connectivity index (χ3n) is 8.74. The SMILES string of the molecule is CCOc1ccc(NC(=O)[C@H]2[C@H]3C(=O)N([C@@H](CO)Cc4ccccc4)C(C(=O)Nc4ccc(Cl)cc4)C34CC(Br)[C@@H]2S4)cc1. The molecule has 0 aromatic heterocycles. The maximum Gasteiger partial charge on any atom is 0.248 e. The molecule has 0 saturated carbocycles. The van der Waals surface area contributed by atoms with Gasteiger partial charge in [-0.1, -0.05) is 57.9 Å². The van der Waals surface area contributed by atoms with Crippen LogP contribution < -0.4 is 15.4 Å². The number of aliphatic hydroxyl groups excluding tert-OH is 1.